The predicted molar refractivity (Wildman–Crippen MR) is 157 cm³/mol. The van der Waals surface area contributed by atoms with Gasteiger partial charge in [0.15, 0.2) is 5.69 Å². The van der Waals surface area contributed by atoms with Crippen LogP contribution in [0.1, 0.15) is 10.5 Å². The first-order valence-corrected chi connectivity index (χ1v) is 13.0. The minimum atomic E-state index is -0.508. The van der Waals surface area contributed by atoms with E-state index in [1.54, 1.807) is 12.4 Å². The summed E-state index contributed by atoms with van der Waals surface area (Å²) in [5.74, 6) is -0.508. The summed E-state index contributed by atoms with van der Waals surface area (Å²) in [6, 6.07) is 32.7. The van der Waals surface area contributed by atoms with Crippen molar-refractivity contribution in [1.82, 2.24) is 23.9 Å². The van der Waals surface area contributed by atoms with Gasteiger partial charge in [0.25, 0.3) is 0 Å². The SMILES string of the molecule is COC(=O)c1nc2c3cccnc3c3cccnc3n2c1-c1ccc2c(c1)c1ccccc1n2-c1ccccc1. The van der Waals surface area contributed by atoms with Crippen molar-refractivity contribution in [3.63, 3.8) is 0 Å². The molecule has 40 heavy (non-hydrogen) atoms. The minimum Gasteiger partial charge on any atom is -0.464 e. The standard InChI is InChI=1S/C33H21N5O2/c1-40-33(39)29-30(38-31-23(12-8-18-35-31)28-24(32(38)36-29)13-7-17-34-28)20-15-16-27-25(19-20)22-11-5-6-14-26(22)37(27)21-9-3-2-4-10-21/h2-19H,1H3. The number of ether oxygens (including phenoxy) is 1. The van der Waals surface area contributed by atoms with Gasteiger partial charge in [-0.05, 0) is 54.6 Å². The van der Waals surface area contributed by atoms with Gasteiger partial charge >= 0.3 is 5.97 Å². The maximum Gasteiger partial charge on any atom is 0.358 e. The van der Waals surface area contributed by atoms with Crippen LogP contribution < -0.4 is 0 Å². The fourth-order valence-corrected chi connectivity index (χ4v) is 5.85. The molecule has 0 aliphatic carbocycles. The number of aromatic nitrogens is 5. The van der Waals surface area contributed by atoms with E-state index in [0.717, 1.165) is 49.3 Å². The zero-order chi connectivity index (χ0) is 26.8. The smallest absolute Gasteiger partial charge is 0.358 e. The lowest BCUT2D eigenvalue weighted by atomic mass is 10.1. The van der Waals surface area contributed by atoms with E-state index in [0.29, 0.717) is 17.0 Å². The highest BCUT2D eigenvalue weighted by molar-refractivity contribution is 6.13. The van der Waals surface area contributed by atoms with Gasteiger partial charge in [-0.15, -0.1) is 0 Å². The van der Waals surface area contributed by atoms with Crippen LogP contribution in [0.4, 0.5) is 0 Å². The molecule has 8 rings (SSSR count). The van der Waals surface area contributed by atoms with Gasteiger partial charge in [-0.2, -0.15) is 0 Å². The number of methoxy groups -OCH3 is 1. The Morgan fingerprint density at radius 3 is 2.23 bits per heavy atom. The molecule has 0 bridgehead atoms. The van der Waals surface area contributed by atoms with Crippen molar-refractivity contribution in [1.29, 1.82) is 0 Å². The molecule has 8 aromatic rings. The molecular formula is C33H21N5O2. The Bertz CT molecular complexity index is 2280. The van der Waals surface area contributed by atoms with Gasteiger partial charge < -0.3 is 9.30 Å². The second kappa shape index (κ2) is 8.47. The van der Waals surface area contributed by atoms with E-state index in [9.17, 15) is 4.79 Å². The van der Waals surface area contributed by atoms with Crippen LogP contribution in [0.25, 0.3) is 66.3 Å². The highest BCUT2D eigenvalue weighted by atomic mass is 16.5. The molecule has 0 radical (unpaired) electrons. The summed E-state index contributed by atoms with van der Waals surface area (Å²) in [6.07, 6.45) is 3.50. The number of para-hydroxylation sites is 2. The van der Waals surface area contributed by atoms with E-state index in [1.165, 1.54) is 7.11 Å². The Labute approximate surface area is 227 Å². The van der Waals surface area contributed by atoms with E-state index in [1.807, 2.05) is 52.9 Å². The molecule has 0 aliphatic heterocycles. The number of fused-ring (bicyclic) bond motifs is 9. The summed E-state index contributed by atoms with van der Waals surface area (Å²) in [5.41, 5.74) is 7.04. The van der Waals surface area contributed by atoms with Crippen LogP contribution in [-0.4, -0.2) is 37.0 Å². The summed E-state index contributed by atoms with van der Waals surface area (Å²) in [4.78, 5) is 27.4. The van der Waals surface area contributed by atoms with Crippen LogP contribution >= 0.6 is 0 Å². The van der Waals surface area contributed by atoms with Gasteiger partial charge in [0.05, 0.1) is 29.4 Å². The molecule has 7 nitrogen and oxygen atoms in total. The molecule has 0 spiro atoms. The van der Waals surface area contributed by atoms with Gasteiger partial charge in [-0.3, -0.25) is 9.38 Å². The van der Waals surface area contributed by atoms with E-state index in [4.69, 9.17) is 14.7 Å². The first kappa shape index (κ1) is 22.4. The zero-order valence-electron chi connectivity index (χ0n) is 21.4. The highest BCUT2D eigenvalue weighted by Crippen LogP contribution is 2.38. The fourth-order valence-electron chi connectivity index (χ4n) is 5.85. The monoisotopic (exact) mass is 519 g/mol. The quantitative estimate of drug-likeness (QED) is 0.186. The third-order valence-electron chi connectivity index (χ3n) is 7.52. The normalized spacial score (nSPS) is 11.7. The number of hydrogen-bond donors (Lipinski definition) is 0. The van der Waals surface area contributed by atoms with Crippen molar-refractivity contribution in [2.75, 3.05) is 7.11 Å². The van der Waals surface area contributed by atoms with Crippen LogP contribution in [0.15, 0.2) is 109 Å². The van der Waals surface area contributed by atoms with Crippen LogP contribution in [0.2, 0.25) is 0 Å². The Kier molecular flexibility index (Phi) is 4.75. The van der Waals surface area contributed by atoms with Crippen molar-refractivity contribution < 1.29 is 9.53 Å². The lowest BCUT2D eigenvalue weighted by Gasteiger charge is -2.11. The largest absolute Gasteiger partial charge is 0.464 e. The number of pyridine rings is 3. The molecule has 7 heteroatoms. The number of benzene rings is 3. The second-order valence-electron chi connectivity index (χ2n) is 9.65. The lowest BCUT2D eigenvalue weighted by molar-refractivity contribution is 0.0596. The molecule has 0 atom stereocenters. The van der Waals surface area contributed by atoms with E-state index in [2.05, 4.69) is 58.1 Å². The van der Waals surface area contributed by atoms with Crippen molar-refractivity contribution >= 4 is 55.4 Å². The summed E-state index contributed by atoms with van der Waals surface area (Å²) in [6.45, 7) is 0. The maximum absolute atomic E-state index is 13.2. The van der Waals surface area contributed by atoms with Gasteiger partial charge in [-0.1, -0.05) is 42.5 Å². The summed E-state index contributed by atoms with van der Waals surface area (Å²) < 4.78 is 9.44. The third-order valence-corrected chi connectivity index (χ3v) is 7.52. The number of nitrogens with zero attached hydrogens (tertiary/aromatic N) is 5. The summed E-state index contributed by atoms with van der Waals surface area (Å²) in [5, 5.41) is 3.90. The van der Waals surface area contributed by atoms with Crippen molar-refractivity contribution in [2.45, 2.75) is 0 Å². The molecule has 0 saturated carbocycles. The predicted octanol–water partition coefficient (Wildman–Crippen LogP) is 6.98. The number of hydrogen-bond acceptors (Lipinski definition) is 5. The first-order chi connectivity index (χ1) is 19.7. The van der Waals surface area contributed by atoms with E-state index in [-0.39, 0.29) is 5.69 Å². The molecular weight excluding hydrogens is 498 g/mol. The van der Waals surface area contributed by atoms with Gasteiger partial charge in [-0.25, -0.2) is 14.8 Å². The third kappa shape index (κ3) is 3.06. The van der Waals surface area contributed by atoms with Gasteiger partial charge in [0.1, 0.15) is 11.3 Å². The minimum absolute atomic E-state index is 0.233. The molecule has 0 N–H and O–H groups in total. The Hall–Kier alpha value is -5.56. The van der Waals surface area contributed by atoms with Crippen molar-refractivity contribution in [2.24, 2.45) is 0 Å². The molecule has 0 saturated heterocycles. The molecule has 0 unspecified atom stereocenters. The molecule has 3 aromatic carbocycles. The van der Waals surface area contributed by atoms with Crippen LogP contribution in [0.3, 0.4) is 0 Å². The first-order valence-electron chi connectivity index (χ1n) is 13.0. The zero-order valence-corrected chi connectivity index (χ0v) is 21.4. The van der Waals surface area contributed by atoms with Crippen molar-refractivity contribution in [3.8, 4) is 16.9 Å². The van der Waals surface area contributed by atoms with Crippen LogP contribution in [-0.2, 0) is 4.74 Å². The van der Waals surface area contributed by atoms with Gasteiger partial charge in [0.2, 0.25) is 0 Å². The summed E-state index contributed by atoms with van der Waals surface area (Å²) in [7, 11) is 1.38. The fraction of sp³-hybridized carbons (Fsp3) is 0.0303. The molecule has 0 fully saturated rings. The van der Waals surface area contributed by atoms with Crippen LogP contribution in [0, 0.1) is 0 Å². The molecule has 0 amide bonds. The van der Waals surface area contributed by atoms with Gasteiger partial charge in [0, 0.05) is 45.2 Å². The summed E-state index contributed by atoms with van der Waals surface area (Å²) >= 11 is 0. The average molecular weight is 520 g/mol. The van der Waals surface area contributed by atoms with Crippen LogP contribution in [0.5, 0.6) is 0 Å². The molecule has 5 heterocycles. The number of rotatable bonds is 3. The molecule has 190 valence electrons. The Morgan fingerprint density at radius 2 is 1.40 bits per heavy atom. The number of esters is 1. The second-order valence-corrected chi connectivity index (χ2v) is 9.65. The maximum atomic E-state index is 13.2. The van der Waals surface area contributed by atoms with E-state index < -0.39 is 5.97 Å². The average Bonchev–Trinajstić information content (AvgIpc) is 3.58. The number of carbonyl (C=O) groups is 1. The van der Waals surface area contributed by atoms with Crippen molar-refractivity contribution in [3.05, 3.63) is 115 Å². The Morgan fingerprint density at radius 1 is 0.700 bits per heavy atom. The molecule has 0 aliphatic rings. The lowest BCUT2D eigenvalue weighted by Crippen LogP contribution is -2.04. The number of carbonyl (C=O) groups excluding carboxylic acids is 1. The highest BCUT2D eigenvalue weighted by Gasteiger charge is 2.26. The Balaban J connectivity index is 1.52. The topological polar surface area (TPSA) is 74.3 Å². The van der Waals surface area contributed by atoms with E-state index >= 15 is 0 Å². The number of imidazole rings is 1. The molecule has 5 aromatic heterocycles.